The van der Waals surface area contributed by atoms with E-state index < -0.39 is 17.6 Å². The van der Waals surface area contributed by atoms with Gasteiger partial charge in [-0.25, -0.2) is 0 Å². The lowest BCUT2D eigenvalue weighted by molar-refractivity contribution is -0.140. The van der Waals surface area contributed by atoms with E-state index >= 15 is 0 Å². The van der Waals surface area contributed by atoms with Crippen molar-refractivity contribution in [3.63, 3.8) is 0 Å². The molecule has 1 aromatic carbocycles. The zero-order valence-corrected chi connectivity index (χ0v) is 22.4. The highest BCUT2D eigenvalue weighted by molar-refractivity contribution is 5.75. The Kier molecular flexibility index (Phi) is 10.1. The van der Waals surface area contributed by atoms with Crippen molar-refractivity contribution in [2.24, 2.45) is 35.5 Å². The van der Waals surface area contributed by atoms with Crippen LogP contribution < -0.4 is 9.47 Å². The second kappa shape index (κ2) is 13.2. The molecule has 4 atom stereocenters. The third-order valence-corrected chi connectivity index (χ3v) is 9.69. The molecule has 0 aromatic heterocycles. The molecule has 1 aromatic rings. The molecule has 0 saturated heterocycles. The molecule has 0 radical (unpaired) electrons. The summed E-state index contributed by atoms with van der Waals surface area (Å²) in [6.07, 6.45) is 20.5. The predicted octanol–water partition coefficient (Wildman–Crippen LogP) is 8.88. The average Bonchev–Trinajstić information content (AvgIpc) is 2.91. The normalized spacial score (nSPS) is 30.4. The van der Waals surface area contributed by atoms with E-state index in [4.69, 9.17) is 9.47 Å². The number of esters is 1. The van der Waals surface area contributed by atoms with Crippen LogP contribution in [-0.2, 0) is 4.79 Å². The molecule has 0 bridgehead atoms. The molecule has 4 rings (SSSR count). The number of hydrogen-bond acceptors (Lipinski definition) is 3. The first-order valence-corrected chi connectivity index (χ1v) is 14.7. The Morgan fingerprint density at radius 3 is 2.08 bits per heavy atom. The van der Waals surface area contributed by atoms with Crippen LogP contribution in [0.3, 0.4) is 0 Å². The van der Waals surface area contributed by atoms with E-state index in [0.29, 0.717) is 5.92 Å². The van der Waals surface area contributed by atoms with Gasteiger partial charge >= 0.3 is 5.97 Å². The van der Waals surface area contributed by atoms with Crippen LogP contribution in [0.2, 0.25) is 0 Å². The third kappa shape index (κ3) is 6.81. The highest BCUT2D eigenvalue weighted by atomic mass is 19.2. The average molecular weight is 505 g/mol. The summed E-state index contributed by atoms with van der Waals surface area (Å²) >= 11 is 0. The standard InChI is InChI=1S/C31H46F2O3/c1-3-4-5-6-7-8-21-9-10-26-20-25(16-15-24(26)19-21)22-11-13-23(14-12-22)31(34)36-28-18-17-27(35-2)29(32)30(28)33/h17-18,21-26H,3-16,19-20H2,1-2H3. The van der Waals surface area contributed by atoms with Gasteiger partial charge in [-0.05, 0) is 99.5 Å². The van der Waals surface area contributed by atoms with Gasteiger partial charge in [0.25, 0.3) is 0 Å². The van der Waals surface area contributed by atoms with Crippen LogP contribution in [0.25, 0.3) is 0 Å². The smallest absolute Gasteiger partial charge is 0.314 e. The molecule has 0 N–H and O–H groups in total. The molecular formula is C31H46F2O3. The Morgan fingerprint density at radius 2 is 1.36 bits per heavy atom. The lowest BCUT2D eigenvalue weighted by Gasteiger charge is -2.45. The third-order valence-electron chi connectivity index (χ3n) is 9.69. The maximum Gasteiger partial charge on any atom is 0.314 e. The van der Waals surface area contributed by atoms with Crippen molar-refractivity contribution < 1.29 is 23.0 Å². The fourth-order valence-corrected chi connectivity index (χ4v) is 7.52. The Bertz CT molecular complexity index is 848. The number of hydrogen-bond donors (Lipinski definition) is 0. The highest BCUT2D eigenvalue weighted by Gasteiger charge is 2.39. The van der Waals surface area contributed by atoms with Gasteiger partial charge in [0.2, 0.25) is 11.6 Å². The van der Waals surface area contributed by atoms with Crippen LogP contribution in [0.15, 0.2) is 12.1 Å². The van der Waals surface area contributed by atoms with E-state index in [9.17, 15) is 13.6 Å². The number of rotatable bonds is 10. The second-order valence-electron chi connectivity index (χ2n) is 11.9. The van der Waals surface area contributed by atoms with Crippen LogP contribution in [0.1, 0.15) is 110 Å². The van der Waals surface area contributed by atoms with E-state index in [2.05, 4.69) is 6.92 Å². The number of halogens is 2. The van der Waals surface area contributed by atoms with Gasteiger partial charge in [0, 0.05) is 0 Å². The zero-order chi connectivity index (χ0) is 25.5. The molecule has 3 fully saturated rings. The first-order valence-electron chi connectivity index (χ1n) is 14.7. The second-order valence-corrected chi connectivity index (χ2v) is 11.9. The van der Waals surface area contributed by atoms with Crippen molar-refractivity contribution >= 4 is 5.97 Å². The van der Waals surface area contributed by atoms with Gasteiger partial charge in [-0.15, -0.1) is 0 Å². The minimum Gasteiger partial charge on any atom is -0.494 e. The van der Waals surface area contributed by atoms with Crippen LogP contribution in [-0.4, -0.2) is 13.1 Å². The number of carbonyl (C=O) groups is 1. The number of carbonyl (C=O) groups excluding carboxylic acids is 1. The molecule has 3 saturated carbocycles. The first-order chi connectivity index (χ1) is 17.5. The molecular weight excluding hydrogens is 458 g/mol. The van der Waals surface area contributed by atoms with Gasteiger partial charge in [0.15, 0.2) is 11.5 Å². The summed E-state index contributed by atoms with van der Waals surface area (Å²) in [5, 5.41) is 0. The monoisotopic (exact) mass is 504 g/mol. The van der Waals surface area contributed by atoms with E-state index in [1.54, 1.807) is 0 Å². The fraction of sp³-hybridized carbons (Fsp3) is 0.774. The molecule has 4 unspecified atom stereocenters. The molecule has 3 nitrogen and oxygen atoms in total. The maximum absolute atomic E-state index is 14.2. The largest absolute Gasteiger partial charge is 0.494 e. The van der Waals surface area contributed by atoms with Gasteiger partial charge in [-0.2, -0.15) is 8.78 Å². The summed E-state index contributed by atoms with van der Waals surface area (Å²) in [4.78, 5) is 12.7. The summed E-state index contributed by atoms with van der Waals surface area (Å²) in [6, 6.07) is 2.55. The summed E-state index contributed by atoms with van der Waals surface area (Å²) in [7, 11) is 1.27. The lowest BCUT2D eigenvalue weighted by atomic mass is 9.60. The van der Waals surface area contributed by atoms with Crippen LogP contribution >= 0.6 is 0 Å². The Balaban J connectivity index is 1.19. The summed E-state index contributed by atoms with van der Waals surface area (Å²) in [6.45, 7) is 2.28. The molecule has 0 heterocycles. The quantitative estimate of drug-likeness (QED) is 0.181. The topological polar surface area (TPSA) is 35.5 Å². The molecule has 0 amide bonds. The molecule has 3 aliphatic rings. The van der Waals surface area contributed by atoms with Crippen LogP contribution in [0.4, 0.5) is 8.78 Å². The van der Waals surface area contributed by atoms with Crippen molar-refractivity contribution in [3.8, 4) is 11.5 Å². The number of ether oxygens (including phenoxy) is 2. The highest BCUT2D eigenvalue weighted by Crippen LogP contribution is 2.49. The summed E-state index contributed by atoms with van der Waals surface area (Å²) < 4.78 is 38.2. The fourth-order valence-electron chi connectivity index (χ4n) is 7.52. The molecule has 5 heteroatoms. The van der Waals surface area contributed by atoms with Crippen molar-refractivity contribution in [3.05, 3.63) is 23.8 Å². The number of benzene rings is 1. The lowest BCUT2D eigenvalue weighted by Crippen LogP contribution is -2.35. The summed E-state index contributed by atoms with van der Waals surface area (Å²) in [5.41, 5.74) is 0. The molecule has 3 aliphatic carbocycles. The minimum absolute atomic E-state index is 0.196. The van der Waals surface area contributed by atoms with E-state index in [1.165, 1.54) is 96.3 Å². The van der Waals surface area contributed by atoms with E-state index in [0.717, 1.165) is 49.4 Å². The van der Waals surface area contributed by atoms with Gasteiger partial charge in [0.1, 0.15) is 0 Å². The molecule has 36 heavy (non-hydrogen) atoms. The van der Waals surface area contributed by atoms with Gasteiger partial charge in [0.05, 0.1) is 13.0 Å². The minimum atomic E-state index is -1.17. The maximum atomic E-state index is 14.2. The first kappa shape index (κ1) is 27.4. The SMILES string of the molecule is CCCCCCCC1CCC2CC(C3CCC(C(=O)Oc4ccc(OC)c(F)c4F)CC3)CCC2C1. The van der Waals surface area contributed by atoms with Crippen molar-refractivity contribution in [2.45, 2.75) is 110 Å². The number of methoxy groups -OCH3 is 1. The van der Waals surface area contributed by atoms with Gasteiger partial charge in [-0.1, -0.05) is 51.9 Å². The predicted molar refractivity (Wildman–Crippen MR) is 139 cm³/mol. The van der Waals surface area contributed by atoms with E-state index in [-0.39, 0.29) is 17.4 Å². The van der Waals surface area contributed by atoms with Crippen molar-refractivity contribution in [1.82, 2.24) is 0 Å². The summed E-state index contributed by atoms with van der Waals surface area (Å²) in [5.74, 6) is 0.815. The molecule has 0 spiro atoms. The van der Waals surface area contributed by atoms with Crippen LogP contribution in [0, 0.1) is 47.1 Å². The number of fused-ring (bicyclic) bond motifs is 1. The number of unbranched alkanes of at least 4 members (excludes halogenated alkanes) is 4. The molecule has 0 aliphatic heterocycles. The van der Waals surface area contributed by atoms with Crippen LogP contribution in [0.5, 0.6) is 11.5 Å². The van der Waals surface area contributed by atoms with E-state index in [1.807, 2.05) is 0 Å². The van der Waals surface area contributed by atoms with Crippen molar-refractivity contribution in [1.29, 1.82) is 0 Å². The zero-order valence-electron chi connectivity index (χ0n) is 22.4. The van der Waals surface area contributed by atoms with Crippen molar-refractivity contribution in [2.75, 3.05) is 7.11 Å². The van der Waals surface area contributed by atoms with Gasteiger partial charge in [-0.3, -0.25) is 4.79 Å². The Morgan fingerprint density at radius 1 is 0.778 bits per heavy atom. The molecule has 202 valence electrons. The Labute approximate surface area is 216 Å². The van der Waals surface area contributed by atoms with Gasteiger partial charge < -0.3 is 9.47 Å². The Hall–Kier alpha value is -1.65.